The Hall–Kier alpha value is -2.61. The molecule has 1 N–H and O–H groups in total. The first-order valence-electron chi connectivity index (χ1n) is 7.43. The van der Waals surface area contributed by atoms with Crippen LogP contribution < -0.4 is 15.1 Å². The smallest absolute Gasteiger partial charge is 0.332 e. The van der Waals surface area contributed by atoms with Gasteiger partial charge in [0, 0.05) is 24.0 Å². The van der Waals surface area contributed by atoms with Crippen molar-refractivity contribution in [3.63, 3.8) is 0 Å². The van der Waals surface area contributed by atoms with Crippen LogP contribution in [0.4, 0.5) is 0 Å². The molecule has 25 heavy (non-hydrogen) atoms. The van der Waals surface area contributed by atoms with Crippen molar-refractivity contribution < 1.29 is 19.0 Å². The average molecular weight is 408 g/mol. The summed E-state index contributed by atoms with van der Waals surface area (Å²) < 4.78 is 16.3. The van der Waals surface area contributed by atoms with Crippen LogP contribution in [-0.2, 0) is 9.53 Å². The van der Waals surface area contributed by atoms with Gasteiger partial charge < -0.3 is 19.2 Å². The number of ether oxygens (including phenoxy) is 3. The van der Waals surface area contributed by atoms with Crippen LogP contribution >= 0.6 is 15.9 Å². The lowest BCUT2D eigenvalue weighted by Gasteiger charge is -2.10. The fourth-order valence-corrected chi connectivity index (χ4v) is 2.19. The van der Waals surface area contributed by atoms with E-state index in [1.807, 2.05) is 0 Å². The molecule has 2 rings (SSSR count). The van der Waals surface area contributed by atoms with E-state index in [4.69, 9.17) is 14.2 Å². The van der Waals surface area contributed by atoms with Crippen molar-refractivity contribution in [1.29, 1.82) is 0 Å². The SMILES string of the molecule is CCOC(=O)C=C(N=c1ncc(Br)c[nH]1)c1ccc(OC)c(OC)c1. The van der Waals surface area contributed by atoms with Crippen molar-refractivity contribution in [1.82, 2.24) is 9.97 Å². The Morgan fingerprint density at radius 2 is 2.08 bits per heavy atom. The molecule has 1 aromatic carbocycles. The molecule has 0 atom stereocenters. The van der Waals surface area contributed by atoms with E-state index in [1.165, 1.54) is 13.2 Å². The second kappa shape index (κ2) is 9.03. The molecule has 0 saturated carbocycles. The van der Waals surface area contributed by atoms with E-state index in [0.29, 0.717) is 28.4 Å². The van der Waals surface area contributed by atoms with E-state index in [-0.39, 0.29) is 6.61 Å². The fourth-order valence-electron chi connectivity index (χ4n) is 1.98. The third-order valence-corrected chi connectivity index (χ3v) is 3.53. The normalized spacial score (nSPS) is 12.0. The number of hydrogen-bond acceptors (Lipinski definition) is 6. The van der Waals surface area contributed by atoms with Crippen molar-refractivity contribution in [3.05, 3.63) is 52.3 Å². The number of hydrogen-bond donors (Lipinski definition) is 1. The predicted molar refractivity (Wildman–Crippen MR) is 96.0 cm³/mol. The quantitative estimate of drug-likeness (QED) is 0.587. The minimum Gasteiger partial charge on any atom is -0.493 e. The van der Waals surface area contributed by atoms with Crippen LogP contribution in [0.3, 0.4) is 0 Å². The van der Waals surface area contributed by atoms with Gasteiger partial charge in [-0.2, -0.15) is 0 Å². The van der Waals surface area contributed by atoms with Crippen molar-refractivity contribution in [3.8, 4) is 11.5 Å². The molecule has 0 aliphatic carbocycles. The van der Waals surface area contributed by atoms with E-state index in [9.17, 15) is 4.79 Å². The number of benzene rings is 1. The number of nitrogens with zero attached hydrogens (tertiary/aromatic N) is 2. The van der Waals surface area contributed by atoms with Gasteiger partial charge in [-0.15, -0.1) is 0 Å². The molecule has 8 heteroatoms. The summed E-state index contributed by atoms with van der Waals surface area (Å²) in [4.78, 5) is 23.4. The van der Waals surface area contributed by atoms with Crippen molar-refractivity contribution in [2.45, 2.75) is 6.92 Å². The Morgan fingerprint density at radius 1 is 1.32 bits per heavy atom. The van der Waals surface area contributed by atoms with Gasteiger partial charge in [-0.05, 0) is 41.1 Å². The van der Waals surface area contributed by atoms with Crippen LogP contribution in [0.5, 0.6) is 11.5 Å². The highest BCUT2D eigenvalue weighted by Gasteiger charge is 2.10. The van der Waals surface area contributed by atoms with Crippen LogP contribution in [0.15, 0.2) is 46.1 Å². The summed E-state index contributed by atoms with van der Waals surface area (Å²) in [5, 5.41) is 0. The number of aromatic nitrogens is 2. The molecule has 132 valence electrons. The van der Waals surface area contributed by atoms with E-state index in [2.05, 4.69) is 30.9 Å². The zero-order valence-electron chi connectivity index (χ0n) is 14.1. The molecular weight excluding hydrogens is 390 g/mol. The Kier molecular flexibility index (Phi) is 6.76. The molecule has 0 bridgehead atoms. The summed E-state index contributed by atoms with van der Waals surface area (Å²) in [6, 6.07) is 5.24. The lowest BCUT2D eigenvalue weighted by molar-refractivity contribution is -0.137. The molecular formula is C17H18BrN3O4. The minimum atomic E-state index is -0.492. The molecule has 0 saturated heterocycles. The minimum absolute atomic E-state index is 0.275. The molecule has 2 aromatic rings. The first-order valence-corrected chi connectivity index (χ1v) is 8.22. The van der Waals surface area contributed by atoms with Gasteiger partial charge in [-0.3, -0.25) is 0 Å². The summed E-state index contributed by atoms with van der Waals surface area (Å²) in [6.45, 7) is 2.01. The Labute approximate surface area is 153 Å². The monoisotopic (exact) mass is 407 g/mol. The standard InChI is InChI=1S/C17H18BrN3O4/c1-4-25-16(22)8-13(21-17-19-9-12(18)10-20-17)11-5-6-14(23-2)15(7-11)24-3/h5-10H,4H2,1-3H3,(H,19,20,21). The Morgan fingerprint density at radius 3 is 2.68 bits per heavy atom. The zero-order valence-corrected chi connectivity index (χ0v) is 15.7. The molecule has 0 aliphatic heterocycles. The lowest BCUT2D eigenvalue weighted by Crippen LogP contribution is -2.12. The Bertz CT molecular complexity index is 826. The van der Waals surface area contributed by atoms with E-state index in [0.717, 1.165) is 4.47 Å². The molecule has 0 spiro atoms. The topological polar surface area (TPSA) is 85.8 Å². The van der Waals surface area contributed by atoms with Crippen LogP contribution in [0.1, 0.15) is 12.5 Å². The number of nitrogens with one attached hydrogen (secondary N) is 1. The third-order valence-electron chi connectivity index (χ3n) is 3.10. The number of carbonyl (C=O) groups excluding carboxylic acids is 1. The summed E-state index contributed by atoms with van der Waals surface area (Å²) in [6.07, 6.45) is 4.61. The molecule has 1 heterocycles. The highest BCUT2D eigenvalue weighted by atomic mass is 79.9. The maximum absolute atomic E-state index is 11.9. The van der Waals surface area contributed by atoms with E-state index < -0.39 is 5.97 Å². The van der Waals surface area contributed by atoms with Gasteiger partial charge in [0.25, 0.3) is 0 Å². The summed E-state index contributed by atoms with van der Waals surface area (Å²) in [5.74, 6) is 0.612. The van der Waals surface area contributed by atoms with Crippen molar-refractivity contribution in [2.75, 3.05) is 20.8 Å². The van der Waals surface area contributed by atoms with Crippen LogP contribution in [-0.4, -0.2) is 36.8 Å². The van der Waals surface area contributed by atoms with Crippen molar-refractivity contribution in [2.24, 2.45) is 4.99 Å². The molecule has 0 amide bonds. The summed E-state index contributed by atoms with van der Waals surface area (Å²) in [7, 11) is 3.09. The maximum atomic E-state index is 11.9. The van der Waals surface area contributed by atoms with E-state index >= 15 is 0 Å². The predicted octanol–water partition coefficient (Wildman–Crippen LogP) is 2.69. The van der Waals surface area contributed by atoms with Gasteiger partial charge >= 0.3 is 5.97 Å². The van der Waals surface area contributed by atoms with Gasteiger partial charge in [-0.1, -0.05) is 0 Å². The number of rotatable bonds is 6. The van der Waals surface area contributed by atoms with Crippen molar-refractivity contribution >= 4 is 27.6 Å². The number of halogens is 1. The zero-order chi connectivity index (χ0) is 18.2. The summed E-state index contributed by atoms with van der Waals surface area (Å²) in [5.41, 5.74) is 1.38. The van der Waals surface area contributed by atoms with Crippen LogP contribution in [0.2, 0.25) is 0 Å². The highest BCUT2D eigenvalue weighted by Crippen LogP contribution is 2.30. The van der Waals surface area contributed by atoms with Gasteiger partial charge in [0.15, 0.2) is 11.5 Å². The molecule has 1 aromatic heterocycles. The molecule has 0 fully saturated rings. The number of carbonyl (C=O) groups is 1. The maximum Gasteiger partial charge on any atom is 0.332 e. The average Bonchev–Trinajstić information content (AvgIpc) is 2.62. The van der Waals surface area contributed by atoms with Gasteiger partial charge in [0.2, 0.25) is 5.62 Å². The highest BCUT2D eigenvalue weighted by molar-refractivity contribution is 9.10. The first-order chi connectivity index (χ1) is 12.1. The molecule has 7 nitrogen and oxygen atoms in total. The van der Waals surface area contributed by atoms with E-state index in [1.54, 1.807) is 44.6 Å². The van der Waals surface area contributed by atoms with Crippen LogP contribution in [0, 0.1) is 0 Å². The fraction of sp³-hybridized carbons (Fsp3) is 0.235. The largest absolute Gasteiger partial charge is 0.493 e. The second-order valence-electron chi connectivity index (χ2n) is 4.72. The lowest BCUT2D eigenvalue weighted by atomic mass is 10.1. The second-order valence-corrected chi connectivity index (χ2v) is 5.63. The van der Waals surface area contributed by atoms with Crippen LogP contribution in [0.25, 0.3) is 5.70 Å². The Balaban J connectivity index is 2.53. The van der Waals surface area contributed by atoms with Gasteiger partial charge in [0.05, 0.1) is 31.0 Å². The molecule has 0 unspecified atom stereocenters. The molecule has 0 aliphatic rings. The number of aromatic amines is 1. The van der Waals surface area contributed by atoms with Gasteiger partial charge in [0.1, 0.15) is 0 Å². The third kappa shape index (κ3) is 5.18. The number of esters is 1. The first kappa shape index (κ1) is 18.7. The number of H-pyrrole nitrogens is 1. The van der Waals surface area contributed by atoms with Gasteiger partial charge in [-0.25, -0.2) is 14.8 Å². The number of methoxy groups -OCH3 is 2. The molecule has 0 radical (unpaired) electrons. The summed E-state index contributed by atoms with van der Waals surface area (Å²) >= 11 is 3.30.